The molecule has 0 atom stereocenters. The van der Waals surface area contributed by atoms with Crippen molar-refractivity contribution in [3.8, 4) is 0 Å². The number of hydrogen-bond acceptors (Lipinski definition) is 4. The van der Waals surface area contributed by atoms with Crippen LogP contribution in [0.1, 0.15) is 15.9 Å². The van der Waals surface area contributed by atoms with Crippen molar-refractivity contribution in [1.82, 2.24) is 9.80 Å². The molecule has 2 aromatic rings. The van der Waals surface area contributed by atoms with E-state index in [9.17, 15) is 14.0 Å². The number of carbonyl (C=O) groups is 2. The van der Waals surface area contributed by atoms with Gasteiger partial charge in [-0.15, -0.1) is 0 Å². The van der Waals surface area contributed by atoms with Crippen molar-refractivity contribution in [1.29, 1.82) is 0 Å². The molecule has 1 aliphatic rings. The number of rotatable bonds is 6. The number of methoxy groups -OCH3 is 1. The third kappa shape index (κ3) is 5.37. The van der Waals surface area contributed by atoms with Crippen LogP contribution in [0.25, 0.3) is 0 Å². The van der Waals surface area contributed by atoms with Gasteiger partial charge in [-0.2, -0.15) is 0 Å². The number of hydrogen-bond donors (Lipinski definition) is 1. The quantitative estimate of drug-likeness (QED) is 0.829. The predicted molar refractivity (Wildman–Crippen MR) is 105 cm³/mol. The monoisotopic (exact) mass is 385 g/mol. The highest BCUT2D eigenvalue weighted by atomic mass is 19.1. The summed E-state index contributed by atoms with van der Waals surface area (Å²) in [6, 6.07) is 13.2. The molecular formula is C21H24FN3O3. The lowest BCUT2D eigenvalue weighted by atomic mass is 10.1. The second kappa shape index (κ2) is 9.43. The van der Waals surface area contributed by atoms with Gasteiger partial charge < -0.3 is 15.0 Å². The van der Waals surface area contributed by atoms with Gasteiger partial charge >= 0.3 is 0 Å². The van der Waals surface area contributed by atoms with E-state index in [0.29, 0.717) is 44.0 Å². The van der Waals surface area contributed by atoms with E-state index in [1.807, 2.05) is 29.2 Å². The van der Waals surface area contributed by atoms with Crippen molar-refractivity contribution in [2.45, 2.75) is 6.61 Å². The normalized spacial score (nSPS) is 14.7. The molecule has 0 spiro atoms. The van der Waals surface area contributed by atoms with E-state index >= 15 is 0 Å². The number of amides is 2. The van der Waals surface area contributed by atoms with Gasteiger partial charge in [-0.3, -0.25) is 14.5 Å². The van der Waals surface area contributed by atoms with Crippen LogP contribution in [0, 0.1) is 5.82 Å². The van der Waals surface area contributed by atoms with Crippen LogP contribution in [0.5, 0.6) is 0 Å². The lowest BCUT2D eigenvalue weighted by molar-refractivity contribution is -0.117. The fraction of sp³-hybridized carbons (Fsp3) is 0.333. The summed E-state index contributed by atoms with van der Waals surface area (Å²) in [5, 5.41) is 2.69. The van der Waals surface area contributed by atoms with Crippen LogP contribution in [-0.4, -0.2) is 61.4 Å². The van der Waals surface area contributed by atoms with Gasteiger partial charge in [-0.25, -0.2) is 4.39 Å². The Morgan fingerprint density at radius 1 is 1.07 bits per heavy atom. The molecule has 0 aliphatic carbocycles. The van der Waals surface area contributed by atoms with Gasteiger partial charge in [0.15, 0.2) is 0 Å². The molecule has 1 heterocycles. The maximum Gasteiger partial charge on any atom is 0.253 e. The van der Waals surface area contributed by atoms with Crippen molar-refractivity contribution in [3.05, 3.63) is 65.5 Å². The molecule has 28 heavy (non-hydrogen) atoms. The Hall–Kier alpha value is -2.77. The fourth-order valence-electron chi connectivity index (χ4n) is 3.17. The molecule has 0 aromatic heterocycles. The third-order valence-corrected chi connectivity index (χ3v) is 4.65. The van der Waals surface area contributed by atoms with E-state index < -0.39 is 0 Å². The molecule has 1 fully saturated rings. The second-order valence-electron chi connectivity index (χ2n) is 6.76. The van der Waals surface area contributed by atoms with Gasteiger partial charge in [-0.1, -0.05) is 18.2 Å². The minimum atomic E-state index is -0.389. The predicted octanol–water partition coefficient (Wildman–Crippen LogP) is 2.37. The highest BCUT2D eigenvalue weighted by Crippen LogP contribution is 2.12. The van der Waals surface area contributed by atoms with Crippen LogP contribution >= 0.6 is 0 Å². The number of anilines is 1. The summed E-state index contributed by atoms with van der Waals surface area (Å²) in [7, 11) is 1.64. The first-order chi connectivity index (χ1) is 13.5. The molecule has 148 valence electrons. The summed E-state index contributed by atoms with van der Waals surface area (Å²) in [6.07, 6.45) is 0. The number of halogens is 1. The molecule has 2 amide bonds. The molecule has 2 aromatic carbocycles. The zero-order valence-electron chi connectivity index (χ0n) is 15.9. The fourth-order valence-corrected chi connectivity index (χ4v) is 3.17. The van der Waals surface area contributed by atoms with Gasteiger partial charge in [0.1, 0.15) is 5.82 Å². The summed E-state index contributed by atoms with van der Waals surface area (Å²) >= 11 is 0. The second-order valence-corrected chi connectivity index (χ2v) is 6.76. The van der Waals surface area contributed by atoms with Gasteiger partial charge in [-0.05, 0) is 35.9 Å². The van der Waals surface area contributed by atoms with Crippen LogP contribution in [0.3, 0.4) is 0 Å². The lowest BCUT2D eigenvalue weighted by Crippen LogP contribution is -2.50. The van der Waals surface area contributed by atoms with Crippen molar-refractivity contribution >= 4 is 17.5 Å². The summed E-state index contributed by atoms with van der Waals surface area (Å²) in [4.78, 5) is 28.6. The van der Waals surface area contributed by atoms with E-state index in [1.54, 1.807) is 24.1 Å². The Morgan fingerprint density at radius 3 is 2.43 bits per heavy atom. The first kappa shape index (κ1) is 20.0. The number of carbonyl (C=O) groups excluding carboxylic acids is 2. The average Bonchev–Trinajstić information content (AvgIpc) is 2.69. The van der Waals surface area contributed by atoms with Crippen LogP contribution in [0.2, 0.25) is 0 Å². The van der Waals surface area contributed by atoms with Crippen molar-refractivity contribution < 1.29 is 18.7 Å². The largest absolute Gasteiger partial charge is 0.380 e. The first-order valence-corrected chi connectivity index (χ1v) is 9.20. The molecule has 1 N–H and O–H groups in total. The standard InChI is InChI=1S/C21H24FN3O3/c1-28-15-16-5-7-17(8-6-16)21(27)25-11-9-24(10-12-25)14-20(26)23-19-4-2-3-18(22)13-19/h2-8,13H,9-12,14-15H2,1H3,(H,23,26). The van der Waals surface area contributed by atoms with Gasteiger partial charge in [0.2, 0.25) is 5.91 Å². The van der Waals surface area contributed by atoms with Crippen LogP contribution in [0.15, 0.2) is 48.5 Å². The molecule has 6 nitrogen and oxygen atoms in total. The topological polar surface area (TPSA) is 61.9 Å². The summed E-state index contributed by atoms with van der Waals surface area (Å²) in [5.41, 5.74) is 2.11. The Morgan fingerprint density at radius 2 is 1.79 bits per heavy atom. The molecule has 0 saturated carbocycles. The maximum atomic E-state index is 13.2. The Balaban J connectivity index is 1.47. The van der Waals surface area contributed by atoms with Crippen molar-refractivity contribution in [2.75, 3.05) is 45.2 Å². The molecule has 3 rings (SSSR count). The number of ether oxygens (including phenoxy) is 1. The number of benzene rings is 2. The minimum Gasteiger partial charge on any atom is -0.380 e. The van der Waals surface area contributed by atoms with Gasteiger partial charge in [0.25, 0.3) is 5.91 Å². The van der Waals surface area contributed by atoms with E-state index in [-0.39, 0.29) is 24.2 Å². The highest BCUT2D eigenvalue weighted by Gasteiger charge is 2.23. The SMILES string of the molecule is COCc1ccc(C(=O)N2CCN(CC(=O)Nc3cccc(F)c3)CC2)cc1. The van der Waals surface area contributed by atoms with E-state index in [0.717, 1.165) is 5.56 Å². The van der Waals surface area contributed by atoms with Crippen LogP contribution in [0.4, 0.5) is 10.1 Å². The minimum absolute atomic E-state index is 0.00664. The summed E-state index contributed by atoms with van der Waals surface area (Å²) in [5.74, 6) is -0.591. The van der Waals surface area contributed by atoms with Gasteiger partial charge in [0, 0.05) is 44.5 Å². The summed E-state index contributed by atoms with van der Waals surface area (Å²) in [6.45, 7) is 3.08. The van der Waals surface area contributed by atoms with Crippen LogP contribution < -0.4 is 5.32 Å². The molecule has 1 aliphatic heterocycles. The molecular weight excluding hydrogens is 361 g/mol. The molecule has 7 heteroatoms. The number of piperazine rings is 1. The zero-order valence-corrected chi connectivity index (χ0v) is 15.9. The van der Waals surface area contributed by atoms with Crippen molar-refractivity contribution in [3.63, 3.8) is 0 Å². The number of nitrogens with one attached hydrogen (secondary N) is 1. The highest BCUT2D eigenvalue weighted by molar-refractivity contribution is 5.94. The van der Waals surface area contributed by atoms with Gasteiger partial charge in [0.05, 0.1) is 13.2 Å². The van der Waals surface area contributed by atoms with E-state index in [1.165, 1.54) is 12.1 Å². The Kier molecular flexibility index (Phi) is 6.73. The molecule has 0 bridgehead atoms. The zero-order chi connectivity index (χ0) is 19.9. The Labute approximate surface area is 163 Å². The average molecular weight is 385 g/mol. The third-order valence-electron chi connectivity index (χ3n) is 4.65. The molecule has 0 radical (unpaired) electrons. The maximum absolute atomic E-state index is 13.2. The molecule has 1 saturated heterocycles. The molecule has 0 unspecified atom stereocenters. The number of nitrogens with zero attached hydrogens (tertiary/aromatic N) is 2. The Bertz CT molecular complexity index is 818. The van der Waals surface area contributed by atoms with Crippen molar-refractivity contribution in [2.24, 2.45) is 0 Å². The van der Waals surface area contributed by atoms with E-state index in [2.05, 4.69) is 5.32 Å². The first-order valence-electron chi connectivity index (χ1n) is 9.20. The lowest BCUT2D eigenvalue weighted by Gasteiger charge is -2.34. The van der Waals surface area contributed by atoms with Crippen LogP contribution in [-0.2, 0) is 16.1 Å². The smallest absolute Gasteiger partial charge is 0.253 e. The summed E-state index contributed by atoms with van der Waals surface area (Å²) < 4.78 is 18.3. The van der Waals surface area contributed by atoms with E-state index in [4.69, 9.17) is 4.74 Å².